The van der Waals surface area contributed by atoms with Crippen LogP contribution in [0.25, 0.3) is 0 Å². The number of hydrogen-bond donors (Lipinski definition) is 0. The second-order valence-corrected chi connectivity index (χ2v) is 7.83. The van der Waals surface area contributed by atoms with Crippen molar-refractivity contribution in [1.82, 2.24) is 9.21 Å². The van der Waals surface area contributed by atoms with Crippen LogP contribution in [0.4, 0.5) is 0 Å². The molecule has 144 valence electrons. The van der Waals surface area contributed by atoms with Crippen molar-refractivity contribution in [3.63, 3.8) is 0 Å². The first-order valence-electron chi connectivity index (χ1n) is 8.42. The van der Waals surface area contributed by atoms with E-state index in [1.165, 1.54) is 9.21 Å². The minimum atomic E-state index is -3.57. The first kappa shape index (κ1) is 20.3. The van der Waals surface area contributed by atoms with E-state index in [1.807, 2.05) is 6.92 Å². The van der Waals surface area contributed by atoms with Crippen LogP contribution in [0.5, 0.6) is 0 Å². The minimum Gasteiger partial charge on any atom is -0.454 e. The number of aryl methyl sites for hydroxylation is 1. The Morgan fingerprint density at radius 1 is 1.04 bits per heavy atom. The highest BCUT2D eigenvalue weighted by atomic mass is 32.2. The fourth-order valence-electron chi connectivity index (χ4n) is 2.50. The summed E-state index contributed by atoms with van der Waals surface area (Å²) in [5, 5.41) is 0. The number of rotatable bonds is 7. The number of sulfonamides is 1. The molecule has 1 amide bonds. The third-order valence-corrected chi connectivity index (χ3v) is 5.94. The molecule has 2 rings (SSSR count). The SMILES string of the molecule is CCOCC(=O)OCC(=O)N1CCN(S(=O)(=O)c2ccc(C)cc2)CC1. The molecule has 1 aromatic rings. The number of ether oxygens (including phenoxy) is 2. The van der Waals surface area contributed by atoms with Gasteiger partial charge in [0.25, 0.3) is 5.91 Å². The van der Waals surface area contributed by atoms with Crippen molar-refractivity contribution in [2.24, 2.45) is 0 Å². The van der Waals surface area contributed by atoms with Crippen LogP contribution < -0.4 is 0 Å². The topological polar surface area (TPSA) is 93.2 Å². The molecule has 0 spiro atoms. The number of hydrogen-bond acceptors (Lipinski definition) is 6. The maximum absolute atomic E-state index is 12.6. The van der Waals surface area contributed by atoms with Crippen molar-refractivity contribution >= 4 is 21.9 Å². The van der Waals surface area contributed by atoms with Crippen molar-refractivity contribution < 1.29 is 27.5 Å². The number of benzene rings is 1. The summed E-state index contributed by atoms with van der Waals surface area (Å²) < 4.78 is 36.4. The zero-order chi connectivity index (χ0) is 19.2. The average molecular weight is 384 g/mol. The third kappa shape index (κ3) is 5.26. The zero-order valence-corrected chi connectivity index (χ0v) is 15.8. The summed E-state index contributed by atoms with van der Waals surface area (Å²) in [5.41, 5.74) is 0.984. The molecule has 8 nitrogen and oxygen atoms in total. The Labute approximate surface area is 153 Å². The Bertz CT molecular complexity index is 724. The maximum atomic E-state index is 12.6. The molecule has 1 fully saturated rings. The van der Waals surface area contributed by atoms with Crippen LogP contribution in [0.2, 0.25) is 0 Å². The molecular formula is C17H24N2O6S. The van der Waals surface area contributed by atoms with Crippen LogP contribution >= 0.6 is 0 Å². The lowest BCUT2D eigenvalue weighted by Crippen LogP contribution is -2.51. The molecule has 0 unspecified atom stereocenters. The summed E-state index contributed by atoms with van der Waals surface area (Å²) in [6, 6.07) is 6.67. The fourth-order valence-corrected chi connectivity index (χ4v) is 3.92. The highest BCUT2D eigenvalue weighted by Gasteiger charge is 2.30. The molecular weight excluding hydrogens is 360 g/mol. The van der Waals surface area contributed by atoms with E-state index >= 15 is 0 Å². The summed E-state index contributed by atoms with van der Waals surface area (Å²) >= 11 is 0. The van der Waals surface area contributed by atoms with E-state index in [4.69, 9.17) is 9.47 Å². The summed E-state index contributed by atoms with van der Waals surface area (Å²) in [5.74, 6) is -0.942. The van der Waals surface area contributed by atoms with Gasteiger partial charge in [-0.2, -0.15) is 4.31 Å². The van der Waals surface area contributed by atoms with Gasteiger partial charge in [-0.05, 0) is 26.0 Å². The van der Waals surface area contributed by atoms with Gasteiger partial charge in [0.2, 0.25) is 10.0 Å². The molecule has 9 heteroatoms. The van der Waals surface area contributed by atoms with E-state index in [2.05, 4.69) is 0 Å². The van der Waals surface area contributed by atoms with E-state index in [1.54, 1.807) is 31.2 Å². The number of carbonyl (C=O) groups is 2. The number of nitrogens with zero attached hydrogens (tertiary/aromatic N) is 2. The van der Waals surface area contributed by atoms with Crippen LogP contribution in [-0.2, 0) is 29.1 Å². The largest absolute Gasteiger partial charge is 0.454 e. The van der Waals surface area contributed by atoms with E-state index in [-0.39, 0.29) is 50.2 Å². The predicted octanol–water partition coefficient (Wildman–Crippen LogP) is 0.408. The highest BCUT2D eigenvalue weighted by molar-refractivity contribution is 7.89. The first-order chi connectivity index (χ1) is 12.3. The van der Waals surface area contributed by atoms with E-state index in [0.29, 0.717) is 6.61 Å². The monoisotopic (exact) mass is 384 g/mol. The van der Waals surface area contributed by atoms with Crippen LogP contribution in [0.15, 0.2) is 29.2 Å². The fraction of sp³-hybridized carbons (Fsp3) is 0.529. The molecule has 0 saturated carbocycles. The standard InChI is InChI=1S/C17H24N2O6S/c1-3-24-13-17(21)25-12-16(20)18-8-10-19(11-9-18)26(22,23)15-6-4-14(2)5-7-15/h4-7H,3,8-13H2,1-2H3. The van der Waals surface area contributed by atoms with Gasteiger partial charge in [-0.1, -0.05) is 17.7 Å². The van der Waals surface area contributed by atoms with E-state index in [0.717, 1.165) is 5.56 Å². The molecule has 1 heterocycles. The van der Waals surface area contributed by atoms with Crippen LogP contribution in [0, 0.1) is 6.92 Å². The van der Waals surface area contributed by atoms with Crippen LogP contribution in [0.3, 0.4) is 0 Å². The molecule has 1 saturated heterocycles. The number of carbonyl (C=O) groups excluding carboxylic acids is 2. The maximum Gasteiger partial charge on any atom is 0.332 e. The quantitative estimate of drug-likeness (QED) is 0.632. The second kappa shape index (κ2) is 9.11. The lowest BCUT2D eigenvalue weighted by Gasteiger charge is -2.33. The normalized spacial score (nSPS) is 15.7. The molecule has 0 N–H and O–H groups in total. The summed E-state index contributed by atoms with van der Waals surface area (Å²) in [6.45, 7) is 4.40. The minimum absolute atomic E-state index is 0.188. The van der Waals surface area contributed by atoms with Gasteiger partial charge >= 0.3 is 5.97 Å². The molecule has 0 bridgehead atoms. The van der Waals surface area contributed by atoms with Gasteiger partial charge < -0.3 is 14.4 Å². The van der Waals surface area contributed by atoms with E-state index in [9.17, 15) is 18.0 Å². The number of amides is 1. The smallest absolute Gasteiger partial charge is 0.332 e. The molecule has 1 aliphatic heterocycles. The van der Waals surface area contributed by atoms with Gasteiger partial charge in [0.05, 0.1) is 4.90 Å². The van der Waals surface area contributed by atoms with Crippen LogP contribution in [0.1, 0.15) is 12.5 Å². The zero-order valence-electron chi connectivity index (χ0n) is 15.0. The lowest BCUT2D eigenvalue weighted by atomic mass is 10.2. The van der Waals surface area contributed by atoms with Gasteiger partial charge in [-0.3, -0.25) is 4.79 Å². The first-order valence-corrected chi connectivity index (χ1v) is 9.86. The number of esters is 1. The van der Waals surface area contributed by atoms with Gasteiger partial charge in [0.15, 0.2) is 6.61 Å². The second-order valence-electron chi connectivity index (χ2n) is 5.90. The molecule has 1 aliphatic rings. The lowest BCUT2D eigenvalue weighted by molar-refractivity contribution is -0.156. The molecule has 0 atom stereocenters. The number of piperazine rings is 1. The van der Waals surface area contributed by atoms with Gasteiger partial charge in [0.1, 0.15) is 6.61 Å². The summed E-state index contributed by atoms with van der Waals surface area (Å²) in [6.07, 6.45) is 0. The Morgan fingerprint density at radius 3 is 2.23 bits per heavy atom. The molecule has 0 aromatic heterocycles. The van der Waals surface area contributed by atoms with Gasteiger partial charge in [-0.25, -0.2) is 13.2 Å². The third-order valence-electron chi connectivity index (χ3n) is 4.03. The predicted molar refractivity (Wildman–Crippen MR) is 94.0 cm³/mol. The molecule has 26 heavy (non-hydrogen) atoms. The highest BCUT2D eigenvalue weighted by Crippen LogP contribution is 2.18. The summed E-state index contributed by atoms with van der Waals surface area (Å²) in [7, 11) is -3.57. The van der Waals surface area contributed by atoms with Gasteiger partial charge in [0, 0.05) is 32.8 Å². The van der Waals surface area contributed by atoms with Crippen molar-refractivity contribution in [2.75, 3.05) is 46.0 Å². The van der Waals surface area contributed by atoms with Crippen molar-refractivity contribution in [1.29, 1.82) is 0 Å². The molecule has 1 aromatic carbocycles. The summed E-state index contributed by atoms with van der Waals surface area (Å²) in [4.78, 5) is 25.2. The van der Waals surface area contributed by atoms with E-state index < -0.39 is 16.0 Å². The van der Waals surface area contributed by atoms with Crippen LogP contribution in [-0.4, -0.2) is 75.5 Å². The van der Waals surface area contributed by atoms with Gasteiger partial charge in [-0.15, -0.1) is 0 Å². The van der Waals surface area contributed by atoms with Crippen molar-refractivity contribution in [2.45, 2.75) is 18.7 Å². The molecule has 0 aliphatic carbocycles. The Balaban J connectivity index is 1.85. The Hall–Kier alpha value is -1.97. The van der Waals surface area contributed by atoms with Crippen molar-refractivity contribution in [3.05, 3.63) is 29.8 Å². The molecule has 0 radical (unpaired) electrons. The average Bonchev–Trinajstić information content (AvgIpc) is 2.64. The Kier molecular flexibility index (Phi) is 7.13. The Morgan fingerprint density at radius 2 is 1.65 bits per heavy atom. The van der Waals surface area contributed by atoms with Crippen molar-refractivity contribution in [3.8, 4) is 0 Å².